The molecule has 7 heteroatoms. The van der Waals surface area contributed by atoms with Gasteiger partial charge in [-0.05, 0) is 24.8 Å². The maximum absolute atomic E-state index is 11.9. The summed E-state index contributed by atoms with van der Waals surface area (Å²) in [6.07, 6.45) is -1.49. The van der Waals surface area contributed by atoms with Crippen LogP contribution in [0, 0.1) is 0 Å². The Bertz CT molecular complexity index is 528. The normalized spacial score (nSPS) is 16.8. The van der Waals surface area contributed by atoms with Gasteiger partial charge in [-0.1, -0.05) is 30.3 Å². The van der Waals surface area contributed by atoms with E-state index in [1.54, 1.807) is 7.05 Å². The van der Waals surface area contributed by atoms with Crippen LogP contribution in [0.3, 0.4) is 0 Å². The third-order valence-electron chi connectivity index (χ3n) is 4.08. The van der Waals surface area contributed by atoms with Crippen LogP contribution in [0.5, 0.6) is 0 Å². The number of guanidine groups is 1. The number of halogens is 3. The quantitative estimate of drug-likeness (QED) is 0.433. The molecular formula is C17H24F3N3O. The second kappa shape index (κ2) is 8.37. The van der Waals surface area contributed by atoms with Gasteiger partial charge in [-0.2, -0.15) is 13.2 Å². The van der Waals surface area contributed by atoms with Crippen LogP contribution in [0.25, 0.3) is 0 Å². The molecule has 0 saturated heterocycles. The molecule has 134 valence electrons. The van der Waals surface area contributed by atoms with Crippen LogP contribution in [-0.2, 0) is 10.2 Å². The number of alkyl halides is 3. The van der Waals surface area contributed by atoms with Crippen molar-refractivity contribution in [2.24, 2.45) is 4.99 Å². The fourth-order valence-corrected chi connectivity index (χ4v) is 2.55. The van der Waals surface area contributed by atoms with Crippen molar-refractivity contribution < 1.29 is 17.9 Å². The number of hydrogen-bond donors (Lipinski definition) is 2. The number of rotatable bonds is 8. The molecule has 0 aliphatic heterocycles. The number of benzene rings is 1. The summed E-state index contributed by atoms with van der Waals surface area (Å²) in [5.41, 5.74) is 1.50. The summed E-state index contributed by atoms with van der Waals surface area (Å²) < 4.78 is 40.4. The molecule has 4 nitrogen and oxygen atoms in total. The largest absolute Gasteiger partial charge is 0.411 e. The fraction of sp³-hybridized carbons (Fsp3) is 0.588. The van der Waals surface area contributed by atoms with Crippen LogP contribution in [0.1, 0.15) is 24.8 Å². The molecule has 0 spiro atoms. The summed E-state index contributed by atoms with van der Waals surface area (Å²) >= 11 is 0. The van der Waals surface area contributed by atoms with E-state index in [2.05, 4.69) is 32.5 Å². The lowest BCUT2D eigenvalue weighted by Gasteiger charge is -2.19. The van der Waals surface area contributed by atoms with Crippen molar-refractivity contribution in [3.8, 4) is 0 Å². The van der Waals surface area contributed by atoms with Gasteiger partial charge in [-0.25, -0.2) is 0 Å². The van der Waals surface area contributed by atoms with Crippen LogP contribution in [0.2, 0.25) is 0 Å². The van der Waals surface area contributed by atoms with Crippen molar-refractivity contribution >= 4 is 5.96 Å². The molecule has 0 radical (unpaired) electrons. The van der Waals surface area contributed by atoms with Gasteiger partial charge in [-0.3, -0.25) is 4.99 Å². The average Bonchev–Trinajstić information content (AvgIpc) is 3.34. The highest BCUT2D eigenvalue weighted by Gasteiger charge is 2.43. The predicted octanol–water partition coefficient (Wildman–Crippen LogP) is 2.85. The van der Waals surface area contributed by atoms with E-state index < -0.39 is 12.8 Å². The van der Waals surface area contributed by atoms with Crippen LogP contribution in [-0.4, -0.2) is 45.5 Å². The summed E-state index contributed by atoms with van der Waals surface area (Å²) in [6, 6.07) is 10.4. The Labute approximate surface area is 140 Å². The van der Waals surface area contributed by atoms with Gasteiger partial charge < -0.3 is 15.4 Å². The molecule has 0 atom stereocenters. The van der Waals surface area contributed by atoms with E-state index >= 15 is 0 Å². The summed E-state index contributed by atoms with van der Waals surface area (Å²) in [7, 11) is 1.68. The second-order valence-corrected chi connectivity index (χ2v) is 6.02. The van der Waals surface area contributed by atoms with Crippen molar-refractivity contribution in [2.45, 2.75) is 30.9 Å². The highest BCUT2D eigenvalue weighted by atomic mass is 19.4. The first-order valence-electron chi connectivity index (χ1n) is 8.10. The lowest BCUT2D eigenvalue weighted by molar-refractivity contribution is -0.173. The number of nitrogens with zero attached hydrogens (tertiary/aromatic N) is 1. The Balaban J connectivity index is 1.65. The zero-order valence-electron chi connectivity index (χ0n) is 13.8. The zero-order chi connectivity index (χ0) is 17.5. The lowest BCUT2D eigenvalue weighted by atomic mass is 9.96. The molecule has 24 heavy (non-hydrogen) atoms. The van der Waals surface area contributed by atoms with Gasteiger partial charge in [0.25, 0.3) is 0 Å². The van der Waals surface area contributed by atoms with E-state index in [-0.39, 0.29) is 12.0 Å². The monoisotopic (exact) mass is 343 g/mol. The number of hydrogen-bond acceptors (Lipinski definition) is 2. The molecule has 2 N–H and O–H groups in total. The van der Waals surface area contributed by atoms with E-state index in [0.29, 0.717) is 18.9 Å². The molecule has 0 unspecified atom stereocenters. The molecule has 1 fully saturated rings. The minimum absolute atomic E-state index is 0.0669. The topological polar surface area (TPSA) is 45.7 Å². The van der Waals surface area contributed by atoms with Gasteiger partial charge in [0.05, 0.1) is 0 Å². The second-order valence-electron chi connectivity index (χ2n) is 6.02. The molecular weight excluding hydrogens is 319 g/mol. The Hall–Kier alpha value is -1.76. The molecule has 2 rings (SSSR count). The van der Waals surface area contributed by atoms with E-state index in [4.69, 9.17) is 0 Å². The summed E-state index contributed by atoms with van der Waals surface area (Å²) in [4.78, 5) is 4.14. The predicted molar refractivity (Wildman–Crippen MR) is 88.2 cm³/mol. The smallest absolute Gasteiger partial charge is 0.372 e. The van der Waals surface area contributed by atoms with E-state index in [1.807, 2.05) is 18.2 Å². The van der Waals surface area contributed by atoms with Crippen molar-refractivity contribution in [1.82, 2.24) is 10.6 Å². The molecule has 1 saturated carbocycles. The van der Waals surface area contributed by atoms with Crippen molar-refractivity contribution in [3.63, 3.8) is 0 Å². The lowest BCUT2D eigenvalue weighted by Crippen LogP contribution is -2.41. The summed E-state index contributed by atoms with van der Waals surface area (Å²) in [5.74, 6) is 0.660. The Morgan fingerprint density at radius 1 is 1.21 bits per heavy atom. The van der Waals surface area contributed by atoms with Gasteiger partial charge in [-0.15, -0.1) is 0 Å². The van der Waals surface area contributed by atoms with Crippen LogP contribution >= 0.6 is 0 Å². The first kappa shape index (κ1) is 18.6. The van der Waals surface area contributed by atoms with Crippen molar-refractivity contribution in [1.29, 1.82) is 0 Å². The van der Waals surface area contributed by atoms with Gasteiger partial charge in [0.15, 0.2) is 5.96 Å². The van der Waals surface area contributed by atoms with Gasteiger partial charge in [0, 0.05) is 32.2 Å². The number of ether oxygens (including phenoxy) is 1. The Morgan fingerprint density at radius 2 is 1.92 bits per heavy atom. The molecule has 1 aromatic carbocycles. The first-order chi connectivity index (χ1) is 11.5. The van der Waals surface area contributed by atoms with Gasteiger partial charge in [0.2, 0.25) is 0 Å². The fourth-order valence-electron chi connectivity index (χ4n) is 2.55. The molecule has 1 aromatic rings. The molecule has 1 aliphatic carbocycles. The molecule has 0 bridgehead atoms. The maximum atomic E-state index is 11.9. The highest BCUT2D eigenvalue weighted by molar-refractivity contribution is 5.79. The number of nitrogens with one attached hydrogen (secondary N) is 2. The molecule has 1 aliphatic rings. The summed E-state index contributed by atoms with van der Waals surface area (Å²) in [5, 5.41) is 6.40. The minimum Gasteiger partial charge on any atom is -0.372 e. The summed E-state index contributed by atoms with van der Waals surface area (Å²) in [6.45, 7) is 0.175. The minimum atomic E-state index is -4.26. The maximum Gasteiger partial charge on any atom is 0.411 e. The van der Waals surface area contributed by atoms with E-state index in [0.717, 1.165) is 19.4 Å². The van der Waals surface area contributed by atoms with E-state index in [9.17, 15) is 13.2 Å². The van der Waals surface area contributed by atoms with E-state index in [1.165, 1.54) is 5.56 Å². The van der Waals surface area contributed by atoms with Crippen LogP contribution in [0.15, 0.2) is 35.3 Å². The first-order valence-corrected chi connectivity index (χ1v) is 8.10. The SMILES string of the molecule is CN=C(NCCCOCC(F)(F)F)NCC1(c2ccccc2)CC1. The number of aliphatic imine (C=N–C) groups is 1. The van der Waals surface area contributed by atoms with Crippen molar-refractivity contribution in [3.05, 3.63) is 35.9 Å². The third-order valence-corrected chi connectivity index (χ3v) is 4.08. The van der Waals surface area contributed by atoms with Crippen molar-refractivity contribution in [2.75, 3.05) is 33.4 Å². The Kier molecular flexibility index (Phi) is 6.48. The molecule has 0 amide bonds. The third kappa shape index (κ3) is 6.03. The highest BCUT2D eigenvalue weighted by Crippen LogP contribution is 2.47. The molecule has 0 heterocycles. The van der Waals surface area contributed by atoms with Gasteiger partial charge in [0.1, 0.15) is 6.61 Å². The van der Waals surface area contributed by atoms with Crippen LogP contribution in [0.4, 0.5) is 13.2 Å². The Morgan fingerprint density at radius 3 is 2.50 bits per heavy atom. The zero-order valence-corrected chi connectivity index (χ0v) is 13.8. The van der Waals surface area contributed by atoms with Crippen LogP contribution < -0.4 is 10.6 Å². The standard InChI is InChI=1S/C17H24F3N3O/c1-21-15(22-10-5-11-24-13-17(18,19)20)23-12-16(8-9-16)14-6-3-2-4-7-14/h2-4,6-7H,5,8-13H2,1H3,(H2,21,22,23). The average molecular weight is 343 g/mol. The molecule has 0 aromatic heterocycles. The van der Waals surface area contributed by atoms with Gasteiger partial charge >= 0.3 is 6.18 Å².